The summed E-state index contributed by atoms with van der Waals surface area (Å²) >= 11 is 0. The lowest BCUT2D eigenvalue weighted by atomic mass is 9.84. The van der Waals surface area contributed by atoms with Gasteiger partial charge in [0.25, 0.3) is 0 Å². The van der Waals surface area contributed by atoms with Gasteiger partial charge in [-0.15, -0.1) is 5.10 Å². The largest absolute Gasteiger partial charge is 0.437 e. The first-order valence-electron chi connectivity index (χ1n) is 9.09. The lowest BCUT2D eigenvalue weighted by Crippen LogP contribution is -2.15. The van der Waals surface area contributed by atoms with Crippen LogP contribution in [0.5, 0.6) is 0 Å². The van der Waals surface area contributed by atoms with E-state index in [1.807, 2.05) is 10.6 Å². The van der Waals surface area contributed by atoms with E-state index in [4.69, 9.17) is 4.42 Å². The molecule has 0 aliphatic heterocycles. The van der Waals surface area contributed by atoms with Gasteiger partial charge in [-0.25, -0.2) is 22.9 Å². The molecule has 9 heteroatoms. The number of pyridine rings is 1. The second kappa shape index (κ2) is 6.33. The molecule has 3 aromatic heterocycles. The van der Waals surface area contributed by atoms with Gasteiger partial charge in [-0.2, -0.15) is 4.68 Å². The van der Waals surface area contributed by atoms with Crippen LogP contribution in [0.2, 0.25) is 0 Å². The van der Waals surface area contributed by atoms with E-state index < -0.39 is 23.2 Å². The molecule has 0 N–H and O–H groups in total. The van der Waals surface area contributed by atoms with Gasteiger partial charge in [0.1, 0.15) is 11.5 Å². The van der Waals surface area contributed by atoms with Gasteiger partial charge in [0.15, 0.2) is 11.6 Å². The molecule has 0 fully saturated rings. The Bertz CT molecular complexity index is 1320. The minimum absolute atomic E-state index is 0.169. The van der Waals surface area contributed by atoms with Crippen LogP contribution in [-0.4, -0.2) is 19.2 Å². The summed E-state index contributed by atoms with van der Waals surface area (Å²) in [6.07, 6.45) is 3.47. The number of benzene rings is 1. The fourth-order valence-electron chi connectivity index (χ4n) is 3.93. The van der Waals surface area contributed by atoms with Gasteiger partial charge < -0.3 is 8.82 Å². The fraction of sp³-hybridized carbons (Fsp3) is 0.250. The van der Waals surface area contributed by atoms with Crippen molar-refractivity contribution < 1.29 is 17.6 Å². The van der Waals surface area contributed by atoms with Crippen LogP contribution in [0, 0.1) is 17.5 Å². The first-order valence-corrected chi connectivity index (χ1v) is 9.09. The zero-order chi connectivity index (χ0) is 20.3. The number of hydrogen-bond donors (Lipinski definition) is 0. The minimum atomic E-state index is -1.19. The highest BCUT2D eigenvalue weighted by Crippen LogP contribution is 2.35. The summed E-state index contributed by atoms with van der Waals surface area (Å²) in [5.41, 5.74) is 3.20. The molecule has 148 valence electrons. The summed E-state index contributed by atoms with van der Waals surface area (Å²) < 4.78 is 49.2. The van der Waals surface area contributed by atoms with Crippen molar-refractivity contribution in [3.8, 4) is 11.5 Å². The Kier molecular flexibility index (Phi) is 3.87. The number of halogens is 3. The van der Waals surface area contributed by atoms with Crippen molar-refractivity contribution in [3.05, 3.63) is 75.4 Å². The van der Waals surface area contributed by atoms with Crippen LogP contribution in [-0.2, 0) is 19.9 Å². The second-order valence-electron chi connectivity index (χ2n) is 7.17. The predicted molar refractivity (Wildman–Crippen MR) is 97.0 cm³/mol. The van der Waals surface area contributed by atoms with E-state index in [0.29, 0.717) is 36.5 Å². The average Bonchev–Trinajstić information content (AvgIpc) is 3.23. The number of aryl methyl sites for hydroxylation is 2. The summed E-state index contributed by atoms with van der Waals surface area (Å²) in [4.78, 5) is 16.1. The van der Waals surface area contributed by atoms with E-state index in [0.717, 1.165) is 22.1 Å². The SMILES string of the molecule is Cn1nc(-c2ccn3c4c(nc3c2)CC(c2cc(F)c(F)cc2F)CC4)oc1=O. The molecule has 0 saturated heterocycles. The molecular formula is C20H15F3N4O2. The van der Waals surface area contributed by atoms with Crippen molar-refractivity contribution in [1.29, 1.82) is 0 Å². The second-order valence-corrected chi connectivity index (χ2v) is 7.17. The number of hydrogen-bond acceptors (Lipinski definition) is 4. The molecule has 1 aliphatic rings. The van der Waals surface area contributed by atoms with Crippen molar-refractivity contribution in [3.63, 3.8) is 0 Å². The van der Waals surface area contributed by atoms with Crippen LogP contribution in [0.1, 0.15) is 29.3 Å². The van der Waals surface area contributed by atoms with E-state index in [9.17, 15) is 18.0 Å². The summed E-state index contributed by atoms with van der Waals surface area (Å²) in [6, 6.07) is 5.08. The maximum absolute atomic E-state index is 14.2. The van der Waals surface area contributed by atoms with E-state index in [2.05, 4.69) is 10.1 Å². The molecule has 0 bridgehead atoms. The molecule has 3 heterocycles. The van der Waals surface area contributed by atoms with Crippen LogP contribution in [0.25, 0.3) is 17.1 Å². The lowest BCUT2D eigenvalue weighted by Gasteiger charge is -2.22. The smallest absolute Gasteiger partial charge is 0.388 e. The Morgan fingerprint density at radius 2 is 1.93 bits per heavy atom. The summed E-state index contributed by atoms with van der Waals surface area (Å²) in [5, 5.41) is 4.04. The molecule has 0 amide bonds. The maximum atomic E-state index is 14.2. The Morgan fingerprint density at radius 1 is 1.14 bits per heavy atom. The van der Waals surface area contributed by atoms with Gasteiger partial charge in [-0.1, -0.05) is 0 Å². The van der Waals surface area contributed by atoms with Crippen LogP contribution in [0.15, 0.2) is 39.7 Å². The Morgan fingerprint density at radius 3 is 2.69 bits per heavy atom. The predicted octanol–water partition coefficient (Wildman–Crippen LogP) is 3.38. The van der Waals surface area contributed by atoms with Gasteiger partial charge in [0.2, 0.25) is 5.89 Å². The van der Waals surface area contributed by atoms with Crippen LogP contribution in [0.4, 0.5) is 13.2 Å². The Labute approximate surface area is 162 Å². The third-order valence-corrected chi connectivity index (χ3v) is 5.39. The zero-order valence-corrected chi connectivity index (χ0v) is 15.3. The minimum Gasteiger partial charge on any atom is -0.388 e. The van der Waals surface area contributed by atoms with Gasteiger partial charge in [0, 0.05) is 30.6 Å². The first kappa shape index (κ1) is 17.7. The van der Waals surface area contributed by atoms with E-state index in [1.54, 1.807) is 12.1 Å². The molecule has 0 saturated carbocycles. The molecule has 6 nitrogen and oxygen atoms in total. The fourth-order valence-corrected chi connectivity index (χ4v) is 3.93. The molecule has 1 aromatic carbocycles. The molecular weight excluding hydrogens is 385 g/mol. The first-order chi connectivity index (χ1) is 13.9. The van der Waals surface area contributed by atoms with Crippen molar-refractivity contribution in [2.75, 3.05) is 0 Å². The zero-order valence-electron chi connectivity index (χ0n) is 15.3. The van der Waals surface area contributed by atoms with Gasteiger partial charge in [-0.3, -0.25) is 0 Å². The summed E-state index contributed by atoms with van der Waals surface area (Å²) in [7, 11) is 1.50. The molecule has 0 spiro atoms. The van der Waals surface area contributed by atoms with Gasteiger partial charge >= 0.3 is 5.76 Å². The maximum Gasteiger partial charge on any atom is 0.437 e. The normalized spacial score (nSPS) is 16.3. The van der Waals surface area contributed by atoms with E-state index in [1.165, 1.54) is 7.05 Å². The number of nitrogens with zero attached hydrogens (tertiary/aromatic N) is 4. The highest BCUT2D eigenvalue weighted by atomic mass is 19.2. The summed E-state index contributed by atoms with van der Waals surface area (Å²) in [5.74, 6) is -3.63. The molecule has 1 atom stereocenters. The standard InChI is InChI=1S/C20H15F3N4O2/c1-26-20(28)29-19(25-26)11-4-5-27-17-3-2-10(6-16(17)24-18(27)7-11)12-8-14(22)15(23)9-13(12)21/h4-5,7-10H,2-3,6H2,1H3. The Hall–Kier alpha value is -3.36. The highest BCUT2D eigenvalue weighted by Gasteiger charge is 2.27. The molecule has 4 aromatic rings. The molecule has 0 radical (unpaired) electrons. The van der Waals surface area contributed by atoms with Crippen molar-refractivity contribution >= 4 is 5.65 Å². The number of rotatable bonds is 2. The topological polar surface area (TPSA) is 65.3 Å². The third-order valence-electron chi connectivity index (χ3n) is 5.39. The van der Waals surface area contributed by atoms with E-state index in [-0.39, 0.29) is 17.4 Å². The average molecular weight is 400 g/mol. The Balaban J connectivity index is 1.52. The molecule has 29 heavy (non-hydrogen) atoms. The highest BCUT2D eigenvalue weighted by molar-refractivity contribution is 5.60. The molecule has 1 unspecified atom stereocenters. The number of aromatic nitrogens is 4. The van der Waals surface area contributed by atoms with Gasteiger partial charge in [0.05, 0.1) is 5.69 Å². The van der Waals surface area contributed by atoms with Crippen molar-refractivity contribution in [2.45, 2.75) is 25.2 Å². The van der Waals surface area contributed by atoms with Crippen molar-refractivity contribution in [1.82, 2.24) is 19.2 Å². The van der Waals surface area contributed by atoms with E-state index >= 15 is 0 Å². The molecule has 1 aliphatic carbocycles. The van der Waals surface area contributed by atoms with Crippen LogP contribution in [0.3, 0.4) is 0 Å². The van der Waals surface area contributed by atoms with Crippen LogP contribution >= 0.6 is 0 Å². The quantitative estimate of drug-likeness (QED) is 0.484. The molecule has 5 rings (SSSR count). The number of imidazole rings is 1. The third kappa shape index (κ3) is 2.84. The number of fused-ring (bicyclic) bond motifs is 3. The summed E-state index contributed by atoms with van der Waals surface area (Å²) in [6.45, 7) is 0. The van der Waals surface area contributed by atoms with Crippen LogP contribution < -0.4 is 5.76 Å². The van der Waals surface area contributed by atoms with Crippen molar-refractivity contribution in [2.24, 2.45) is 7.05 Å². The van der Waals surface area contributed by atoms with Gasteiger partial charge in [-0.05, 0) is 48.9 Å². The monoisotopic (exact) mass is 400 g/mol. The lowest BCUT2D eigenvalue weighted by molar-refractivity contribution is 0.473.